The average molecular weight is 414 g/mol. The number of nitrogens with zero attached hydrogens (tertiary/aromatic N) is 4. The molecule has 0 amide bonds. The van der Waals surface area contributed by atoms with Crippen LogP contribution in [-0.4, -0.2) is 32.5 Å². The minimum Gasteiger partial charge on any atom is -0.490 e. The summed E-state index contributed by atoms with van der Waals surface area (Å²) in [5.41, 5.74) is 1.60. The van der Waals surface area contributed by atoms with Gasteiger partial charge in [-0.2, -0.15) is 10.1 Å². The van der Waals surface area contributed by atoms with Crippen molar-refractivity contribution in [1.82, 2.24) is 19.7 Å². The highest BCUT2D eigenvalue weighted by atomic mass is 35.5. The van der Waals surface area contributed by atoms with Gasteiger partial charge in [0.2, 0.25) is 5.28 Å². The molecule has 5 rings (SSSR count). The van der Waals surface area contributed by atoms with Gasteiger partial charge in [0.15, 0.2) is 0 Å². The zero-order chi connectivity index (χ0) is 19.6. The summed E-state index contributed by atoms with van der Waals surface area (Å²) >= 11 is 6.16. The first-order valence-electron chi connectivity index (χ1n) is 10.3. The van der Waals surface area contributed by atoms with Crippen LogP contribution in [0.3, 0.4) is 0 Å². The molecule has 1 unspecified atom stereocenters. The Bertz CT molecular complexity index is 996. The van der Waals surface area contributed by atoms with E-state index >= 15 is 0 Å². The van der Waals surface area contributed by atoms with Gasteiger partial charge in [0.05, 0.1) is 29.7 Å². The van der Waals surface area contributed by atoms with Crippen molar-refractivity contribution in [3.8, 4) is 5.75 Å². The third kappa shape index (κ3) is 4.16. The fourth-order valence-corrected chi connectivity index (χ4v) is 4.25. The molecule has 0 bridgehead atoms. The van der Waals surface area contributed by atoms with Crippen LogP contribution in [0.25, 0.3) is 10.9 Å². The molecule has 1 aliphatic carbocycles. The van der Waals surface area contributed by atoms with Gasteiger partial charge in [-0.15, -0.1) is 0 Å². The molecule has 2 fully saturated rings. The summed E-state index contributed by atoms with van der Waals surface area (Å²) < 4.78 is 13.8. The van der Waals surface area contributed by atoms with E-state index in [0.29, 0.717) is 11.9 Å². The Balaban J connectivity index is 1.41. The molecule has 152 valence electrons. The zero-order valence-electron chi connectivity index (χ0n) is 16.2. The highest BCUT2D eigenvalue weighted by Crippen LogP contribution is 2.31. The molecule has 1 saturated carbocycles. The molecule has 0 spiro atoms. The first kappa shape index (κ1) is 18.6. The van der Waals surface area contributed by atoms with E-state index in [1.54, 1.807) is 6.20 Å². The Morgan fingerprint density at radius 1 is 1.10 bits per heavy atom. The van der Waals surface area contributed by atoms with E-state index in [1.807, 2.05) is 29.1 Å². The Hall–Kier alpha value is -2.38. The number of ether oxygens (including phenoxy) is 2. The Morgan fingerprint density at radius 3 is 2.79 bits per heavy atom. The van der Waals surface area contributed by atoms with Crippen molar-refractivity contribution in [3.63, 3.8) is 0 Å². The molecule has 3 aromatic rings. The summed E-state index contributed by atoms with van der Waals surface area (Å²) in [5.74, 6) is 1.48. The standard InChI is InChI=1S/C21H24ClN5O2/c22-21-25-18-9-8-16(29-15-5-1-2-6-15)11-17(18)20(26-21)24-14-12-23-27(13-14)19-7-3-4-10-28-19/h8-9,11-13,15,19H,1-7,10H2,(H,24,25,26). The molecular formula is C21H24ClN5O2. The highest BCUT2D eigenvalue weighted by molar-refractivity contribution is 6.28. The predicted molar refractivity (Wildman–Crippen MR) is 112 cm³/mol. The number of benzene rings is 1. The fraction of sp³-hybridized carbons (Fsp3) is 0.476. The van der Waals surface area contributed by atoms with Crippen LogP contribution in [0.5, 0.6) is 5.75 Å². The monoisotopic (exact) mass is 413 g/mol. The van der Waals surface area contributed by atoms with Crippen LogP contribution in [0.1, 0.15) is 51.2 Å². The average Bonchev–Trinajstić information content (AvgIpc) is 3.41. The van der Waals surface area contributed by atoms with Crippen LogP contribution in [0, 0.1) is 0 Å². The maximum absolute atomic E-state index is 6.16. The molecule has 29 heavy (non-hydrogen) atoms. The van der Waals surface area contributed by atoms with E-state index in [4.69, 9.17) is 21.1 Å². The number of halogens is 1. The largest absolute Gasteiger partial charge is 0.490 e. The lowest BCUT2D eigenvalue weighted by atomic mass is 10.2. The third-order valence-corrected chi connectivity index (χ3v) is 5.73. The molecule has 1 aliphatic heterocycles. The van der Waals surface area contributed by atoms with E-state index in [-0.39, 0.29) is 11.5 Å². The molecule has 8 heteroatoms. The third-order valence-electron chi connectivity index (χ3n) is 5.56. The second-order valence-corrected chi connectivity index (χ2v) is 8.04. The fourth-order valence-electron chi connectivity index (χ4n) is 4.08. The number of nitrogens with one attached hydrogen (secondary N) is 1. The smallest absolute Gasteiger partial charge is 0.224 e. The van der Waals surface area contributed by atoms with Crippen molar-refractivity contribution >= 4 is 34.0 Å². The molecule has 7 nitrogen and oxygen atoms in total. The molecule has 1 atom stereocenters. The van der Waals surface area contributed by atoms with Crippen molar-refractivity contribution in [3.05, 3.63) is 35.9 Å². The van der Waals surface area contributed by atoms with Crippen molar-refractivity contribution < 1.29 is 9.47 Å². The highest BCUT2D eigenvalue weighted by Gasteiger charge is 2.19. The lowest BCUT2D eigenvalue weighted by molar-refractivity contribution is -0.0394. The summed E-state index contributed by atoms with van der Waals surface area (Å²) in [7, 11) is 0. The Morgan fingerprint density at radius 2 is 1.97 bits per heavy atom. The molecule has 2 aliphatic rings. The number of anilines is 2. The van der Waals surface area contributed by atoms with E-state index in [2.05, 4.69) is 20.4 Å². The van der Waals surface area contributed by atoms with Crippen LogP contribution in [0.4, 0.5) is 11.5 Å². The minimum absolute atomic E-state index is 0.00329. The molecule has 1 N–H and O–H groups in total. The van der Waals surface area contributed by atoms with E-state index in [9.17, 15) is 0 Å². The Kier molecular flexibility index (Phi) is 5.24. The first-order chi connectivity index (χ1) is 14.2. The van der Waals surface area contributed by atoms with E-state index < -0.39 is 0 Å². The summed E-state index contributed by atoms with van der Waals surface area (Å²) in [5, 5.41) is 8.86. The quantitative estimate of drug-likeness (QED) is 0.576. The van der Waals surface area contributed by atoms with E-state index in [0.717, 1.165) is 61.1 Å². The van der Waals surface area contributed by atoms with Gasteiger partial charge in [-0.1, -0.05) is 0 Å². The molecular weight excluding hydrogens is 390 g/mol. The topological polar surface area (TPSA) is 74.1 Å². The van der Waals surface area contributed by atoms with E-state index in [1.165, 1.54) is 12.8 Å². The van der Waals surface area contributed by atoms with Gasteiger partial charge < -0.3 is 14.8 Å². The van der Waals surface area contributed by atoms with Crippen LogP contribution in [-0.2, 0) is 4.74 Å². The van der Waals surface area contributed by atoms with Crippen molar-refractivity contribution in [1.29, 1.82) is 0 Å². The van der Waals surface area contributed by atoms with Gasteiger partial charge in [0.25, 0.3) is 0 Å². The summed E-state index contributed by atoms with van der Waals surface area (Å²) in [6, 6.07) is 5.87. The molecule has 1 aromatic carbocycles. The lowest BCUT2D eigenvalue weighted by Crippen LogP contribution is -2.18. The second-order valence-electron chi connectivity index (χ2n) is 7.70. The van der Waals surface area contributed by atoms with Gasteiger partial charge >= 0.3 is 0 Å². The molecule has 1 saturated heterocycles. The maximum atomic E-state index is 6.16. The minimum atomic E-state index is -0.00329. The van der Waals surface area contributed by atoms with Crippen LogP contribution >= 0.6 is 11.6 Å². The van der Waals surface area contributed by atoms with Gasteiger partial charge in [0, 0.05) is 12.0 Å². The predicted octanol–water partition coefficient (Wildman–Crippen LogP) is 5.24. The van der Waals surface area contributed by atoms with Crippen molar-refractivity contribution in [2.45, 2.75) is 57.3 Å². The zero-order valence-corrected chi connectivity index (χ0v) is 16.9. The number of fused-ring (bicyclic) bond motifs is 1. The van der Waals surface area contributed by atoms with Crippen molar-refractivity contribution in [2.75, 3.05) is 11.9 Å². The summed E-state index contributed by atoms with van der Waals surface area (Å²) in [4.78, 5) is 8.76. The van der Waals surface area contributed by atoms with Gasteiger partial charge in [0.1, 0.15) is 17.8 Å². The lowest BCUT2D eigenvalue weighted by Gasteiger charge is -2.22. The van der Waals surface area contributed by atoms with Crippen LogP contribution < -0.4 is 10.1 Å². The molecule has 2 aromatic heterocycles. The molecule has 3 heterocycles. The number of rotatable bonds is 5. The van der Waals surface area contributed by atoms with Gasteiger partial charge in [-0.05, 0) is 74.7 Å². The van der Waals surface area contributed by atoms with Crippen LogP contribution in [0.2, 0.25) is 5.28 Å². The maximum Gasteiger partial charge on any atom is 0.224 e. The number of hydrogen-bond donors (Lipinski definition) is 1. The molecule has 0 radical (unpaired) electrons. The first-order valence-corrected chi connectivity index (χ1v) is 10.7. The SMILES string of the molecule is Clc1nc(Nc2cnn(C3CCCCO3)c2)c2cc(OC3CCCC3)ccc2n1. The number of hydrogen-bond acceptors (Lipinski definition) is 6. The summed E-state index contributed by atoms with van der Waals surface area (Å²) in [6.45, 7) is 0.781. The van der Waals surface area contributed by atoms with Crippen molar-refractivity contribution in [2.24, 2.45) is 0 Å². The summed E-state index contributed by atoms with van der Waals surface area (Å²) in [6.07, 6.45) is 12.0. The normalized spacial score (nSPS) is 20.2. The second kappa shape index (κ2) is 8.16. The van der Waals surface area contributed by atoms with Gasteiger partial charge in [-0.3, -0.25) is 0 Å². The van der Waals surface area contributed by atoms with Crippen LogP contribution in [0.15, 0.2) is 30.6 Å². The number of aromatic nitrogens is 4. The Labute approximate surface area is 174 Å². The van der Waals surface area contributed by atoms with Gasteiger partial charge in [-0.25, -0.2) is 9.67 Å².